The second kappa shape index (κ2) is 8.92. The van der Waals surface area contributed by atoms with Crippen molar-refractivity contribution in [2.24, 2.45) is 7.05 Å². The zero-order chi connectivity index (χ0) is 21.9. The maximum atomic E-state index is 12.8. The SMILES string of the molecule is CCOC(=O)c1c(-c2ccco2)csc1NC(=O)CSc1nnc(C(F)(F)F)n1C. The Morgan fingerprint density at radius 1 is 1.37 bits per heavy atom. The summed E-state index contributed by atoms with van der Waals surface area (Å²) in [4.78, 5) is 24.8. The van der Waals surface area contributed by atoms with Crippen molar-refractivity contribution in [3.63, 3.8) is 0 Å². The van der Waals surface area contributed by atoms with Gasteiger partial charge in [0, 0.05) is 18.0 Å². The number of hydrogen-bond donors (Lipinski definition) is 1. The van der Waals surface area contributed by atoms with Gasteiger partial charge in [-0.05, 0) is 19.1 Å². The third kappa shape index (κ3) is 4.67. The number of alkyl halides is 3. The minimum atomic E-state index is -4.64. The van der Waals surface area contributed by atoms with Crippen molar-refractivity contribution in [2.75, 3.05) is 17.7 Å². The molecule has 3 heterocycles. The molecule has 1 amide bonds. The second-order valence-corrected chi connectivity index (χ2v) is 7.57. The minimum Gasteiger partial charge on any atom is -0.464 e. The van der Waals surface area contributed by atoms with Crippen LogP contribution < -0.4 is 5.32 Å². The number of hydrogen-bond acceptors (Lipinski definition) is 8. The van der Waals surface area contributed by atoms with Crippen molar-refractivity contribution in [1.29, 1.82) is 0 Å². The van der Waals surface area contributed by atoms with Crippen molar-refractivity contribution in [1.82, 2.24) is 14.8 Å². The van der Waals surface area contributed by atoms with Crippen LogP contribution in [-0.4, -0.2) is 39.0 Å². The van der Waals surface area contributed by atoms with Crippen molar-refractivity contribution in [3.8, 4) is 11.3 Å². The number of rotatable bonds is 7. The van der Waals surface area contributed by atoms with Gasteiger partial charge in [-0.2, -0.15) is 13.2 Å². The lowest BCUT2D eigenvalue weighted by Crippen LogP contribution is -2.17. The van der Waals surface area contributed by atoms with Gasteiger partial charge in [0.1, 0.15) is 16.3 Å². The molecule has 0 radical (unpaired) electrons. The van der Waals surface area contributed by atoms with Gasteiger partial charge in [0.15, 0.2) is 5.16 Å². The Balaban J connectivity index is 1.74. The summed E-state index contributed by atoms with van der Waals surface area (Å²) < 4.78 is 49.5. The summed E-state index contributed by atoms with van der Waals surface area (Å²) in [6.07, 6.45) is -3.19. The molecule has 0 spiro atoms. The summed E-state index contributed by atoms with van der Waals surface area (Å²) >= 11 is 1.89. The normalized spacial score (nSPS) is 11.5. The van der Waals surface area contributed by atoms with Gasteiger partial charge in [0.2, 0.25) is 11.7 Å². The molecule has 1 N–H and O–H groups in total. The van der Waals surface area contributed by atoms with E-state index in [2.05, 4.69) is 15.5 Å². The fourth-order valence-electron chi connectivity index (χ4n) is 2.45. The number of anilines is 1. The topological polar surface area (TPSA) is 99.2 Å². The minimum absolute atomic E-state index is 0.0643. The molecule has 0 atom stereocenters. The summed E-state index contributed by atoms with van der Waals surface area (Å²) in [5.41, 5.74) is 0.614. The Kier molecular flexibility index (Phi) is 6.51. The molecule has 0 saturated heterocycles. The fourth-order valence-corrected chi connectivity index (χ4v) is 4.11. The second-order valence-electron chi connectivity index (χ2n) is 5.75. The largest absolute Gasteiger partial charge is 0.464 e. The maximum absolute atomic E-state index is 12.8. The monoisotopic (exact) mass is 460 g/mol. The van der Waals surface area contributed by atoms with Crippen LogP contribution in [0.15, 0.2) is 33.3 Å². The van der Waals surface area contributed by atoms with E-state index >= 15 is 0 Å². The number of carbonyl (C=O) groups excluding carboxylic acids is 2. The summed E-state index contributed by atoms with van der Waals surface area (Å²) in [6.45, 7) is 1.80. The Morgan fingerprint density at radius 2 is 2.13 bits per heavy atom. The van der Waals surface area contributed by atoms with E-state index in [1.165, 1.54) is 6.26 Å². The van der Waals surface area contributed by atoms with E-state index < -0.39 is 23.9 Å². The number of esters is 1. The van der Waals surface area contributed by atoms with Gasteiger partial charge >= 0.3 is 12.1 Å². The third-order valence-electron chi connectivity index (χ3n) is 3.73. The van der Waals surface area contributed by atoms with E-state index in [-0.39, 0.29) is 28.1 Å². The number of ether oxygens (including phenoxy) is 1. The summed E-state index contributed by atoms with van der Waals surface area (Å²) in [5, 5.41) is 11.0. The highest BCUT2D eigenvalue weighted by molar-refractivity contribution is 7.99. The number of thiophene rings is 1. The predicted molar refractivity (Wildman–Crippen MR) is 103 cm³/mol. The first-order valence-electron chi connectivity index (χ1n) is 8.44. The third-order valence-corrected chi connectivity index (χ3v) is 5.65. The van der Waals surface area contributed by atoms with E-state index in [0.29, 0.717) is 11.3 Å². The molecular weight excluding hydrogens is 445 g/mol. The lowest BCUT2D eigenvalue weighted by atomic mass is 10.1. The molecule has 0 aromatic carbocycles. The molecule has 13 heteroatoms. The van der Waals surface area contributed by atoms with Gasteiger partial charge in [-0.25, -0.2) is 4.79 Å². The number of aromatic nitrogens is 3. The van der Waals surface area contributed by atoms with Gasteiger partial charge in [0.05, 0.1) is 18.6 Å². The molecule has 0 aliphatic heterocycles. The fraction of sp³-hybridized carbons (Fsp3) is 0.294. The molecular formula is C17H15F3N4O4S2. The molecule has 0 fully saturated rings. The molecule has 0 saturated carbocycles. The number of furan rings is 1. The molecule has 0 unspecified atom stereocenters. The highest BCUT2D eigenvalue weighted by Crippen LogP contribution is 2.36. The van der Waals surface area contributed by atoms with Gasteiger partial charge in [-0.15, -0.1) is 21.5 Å². The maximum Gasteiger partial charge on any atom is 0.451 e. The average molecular weight is 460 g/mol. The van der Waals surface area contributed by atoms with Gasteiger partial charge < -0.3 is 19.0 Å². The van der Waals surface area contributed by atoms with Crippen LogP contribution in [0.2, 0.25) is 0 Å². The first-order valence-corrected chi connectivity index (χ1v) is 10.3. The van der Waals surface area contributed by atoms with Crippen LogP contribution in [0.5, 0.6) is 0 Å². The van der Waals surface area contributed by atoms with Crippen LogP contribution in [0.1, 0.15) is 23.1 Å². The number of nitrogens with zero attached hydrogens (tertiary/aromatic N) is 3. The van der Waals surface area contributed by atoms with E-state index in [1.807, 2.05) is 0 Å². The van der Waals surface area contributed by atoms with E-state index in [0.717, 1.165) is 34.7 Å². The van der Waals surface area contributed by atoms with Gasteiger partial charge in [-0.3, -0.25) is 4.79 Å². The molecule has 160 valence electrons. The number of nitrogens with one attached hydrogen (secondary N) is 1. The molecule has 8 nitrogen and oxygen atoms in total. The highest BCUT2D eigenvalue weighted by atomic mass is 32.2. The average Bonchev–Trinajstić information content (AvgIpc) is 3.39. The Hall–Kier alpha value is -2.80. The molecule has 3 rings (SSSR count). The summed E-state index contributed by atoms with van der Waals surface area (Å²) in [6, 6.07) is 3.32. The zero-order valence-corrected chi connectivity index (χ0v) is 17.3. The Bertz CT molecular complexity index is 1040. The van der Waals surface area contributed by atoms with Crippen LogP contribution in [0, 0.1) is 0 Å². The standard InChI is InChI=1S/C17H15F3N4O4S2/c1-3-27-14(26)12-9(10-5-4-6-28-10)7-29-13(12)21-11(25)8-30-16-23-22-15(24(16)2)17(18,19)20/h4-7H,3,8H2,1-2H3,(H,21,25). The summed E-state index contributed by atoms with van der Waals surface area (Å²) in [5.74, 6) is -2.12. The van der Waals surface area contributed by atoms with Gasteiger partial charge in [0.25, 0.3) is 0 Å². The first-order chi connectivity index (χ1) is 14.2. The Morgan fingerprint density at radius 3 is 2.73 bits per heavy atom. The Labute approximate surface area is 176 Å². The lowest BCUT2D eigenvalue weighted by Gasteiger charge is -2.08. The summed E-state index contributed by atoms with van der Waals surface area (Å²) in [7, 11) is 1.16. The molecule has 0 aliphatic rings. The number of amides is 1. The lowest BCUT2D eigenvalue weighted by molar-refractivity contribution is -0.147. The van der Waals surface area contributed by atoms with Crippen LogP contribution >= 0.6 is 23.1 Å². The van der Waals surface area contributed by atoms with Crippen LogP contribution in [0.4, 0.5) is 18.2 Å². The van der Waals surface area contributed by atoms with Crippen molar-refractivity contribution < 1.29 is 31.9 Å². The molecule has 0 bridgehead atoms. The van der Waals surface area contributed by atoms with Crippen molar-refractivity contribution in [2.45, 2.75) is 18.3 Å². The van der Waals surface area contributed by atoms with E-state index in [4.69, 9.17) is 9.15 Å². The zero-order valence-electron chi connectivity index (χ0n) is 15.6. The predicted octanol–water partition coefficient (Wildman–Crippen LogP) is 4.06. The number of halogens is 3. The van der Waals surface area contributed by atoms with Crippen LogP contribution in [0.25, 0.3) is 11.3 Å². The quantitative estimate of drug-likeness (QED) is 0.419. The molecule has 3 aromatic heterocycles. The van der Waals surface area contributed by atoms with E-state index in [9.17, 15) is 22.8 Å². The smallest absolute Gasteiger partial charge is 0.451 e. The van der Waals surface area contributed by atoms with Gasteiger partial charge in [-0.1, -0.05) is 11.8 Å². The molecule has 0 aliphatic carbocycles. The number of carbonyl (C=O) groups is 2. The van der Waals surface area contributed by atoms with Crippen molar-refractivity contribution in [3.05, 3.63) is 35.2 Å². The van der Waals surface area contributed by atoms with Crippen LogP contribution in [-0.2, 0) is 22.8 Å². The highest BCUT2D eigenvalue weighted by Gasteiger charge is 2.37. The molecule has 3 aromatic rings. The first kappa shape index (κ1) is 21.9. The molecule has 30 heavy (non-hydrogen) atoms. The number of thioether (sulfide) groups is 1. The van der Waals surface area contributed by atoms with E-state index in [1.54, 1.807) is 24.4 Å². The van der Waals surface area contributed by atoms with Crippen LogP contribution in [0.3, 0.4) is 0 Å². The van der Waals surface area contributed by atoms with Crippen molar-refractivity contribution >= 4 is 40.0 Å².